The minimum Gasteiger partial charge on any atom is -0.458 e. The van der Waals surface area contributed by atoms with Gasteiger partial charge in [-0.1, -0.05) is 0 Å². The van der Waals surface area contributed by atoms with Crippen LogP contribution < -0.4 is 5.73 Å². The first-order chi connectivity index (χ1) is 7.15. The van der Waals surface area contributed by atoms with Gasteiger partial charge in [0.25, 0.3) is 0 Å². The van der Waals surface area contributed by atoms with Crippen molar-refractivity contribution in [1.82, 2.24) is 0 Å². The second kappa shape index (κ2) is 5.72. The first kappa shape index (κ1) is 12.0. The van der Waals surface area contributed by atoms with Gasteiger partial charge in [-0.25, -0.2) is 4.79 Å². The molecule has 1 atom stereocenters. The smallest absolute Gasteiger partial charge is 0.350 e. The Hall–Kier alpha value is -1.07. The quantitative estimate of drug-likeness (QED) is 0.783. The van der Waals surface area contributed by atoms with Crippen molar-refractivity contribution < 1.29 is 14.3 Å². The van der Waals surface area contributed by atoms with Crippen molar-refractivity contribution >= 4 is 23.0 Å². The molecule has 0 fully saturated rings. The zero-order chi connectivity index (χ0) is 11.3. The number of ether oxygens (including phenoxy) is 2. The predicted octanol–water partition coefficient (Wildman–Crippen LogP) is 1.91. The van der Waals surface area contributed by atoms with E-state index in [1.807, 2.05) is 6.92 Å². The highest BCUT2D eigenvalue weighted by Gasteiger charge is 2.15. The van der Waals surface area contributed by atoms with Gasteiger partial charge in [0.15, 0.2) is 0 Å². The molecule has 0 amide bonds. The molecule has 0 aliphatic rings. The van der Waals surface area contributed by atoms with Gasteiger partial charge in [-0.05, 0) is 18.4 Å². The van der Waals surface area contributed by atoms with Crippen LogP contribution in [0.15, 0.2) is 11.4 Å². The van der Waals surface area contributed by atoms with Crippen molar-refractivity contribution in [3.63, 3.8) is 0 Å². The van der Waals surface area contributed by atoms with Crippen LogP contribution in [0.3, 0.4) is 0 Å². The van der Waals surface area contributed by atoms with E-state index < -0.39 is 0 Å². The molecule has 0 spiro atoms. The van der Waals surface area contributed by atoms with E-state index in [1.54, 1.807) is 18.6 Å². The first-order valence-electron chi connectivity index (χ1n) is 4.68. The largest absolute Gasteiger partial charge is 0.458 e. The third-order valence-corrected chi connectivity index (χ3v) is 2.83. The Kier molecular flexibility index (Phi) is 4.58. The van der Waals surface area contributed by atoms with Crippen LogP contribution in [-0.4, -0.2) is 25.8 Å². The number of carbonyl (C=O) groups is 1. The van der Waals surface area contributed by atoms with E-state index in [9.17, 15) is 4.79 Å². The molecule has 84 valence electrons. The van der Waals surface area contributed by atoms with Gasteiger partial charge in [0.05, 0.1) is 5.69 Å². The molecule has 2 N–H and O–H groups in total. The molecule has 0 aromatic carbocycles. The fourth-order valence-corrected chi connectivity index (χ4v) is 1.76. The molecular formula is C10H15NO3S. The van der Waals surface area contributed by atoms with E-state index in [0.29, 0.717) is 23.6 Å². The molecule has 15 heavy (non-hydrogen) atoms. The van der Waals surface area contributed by atoms with E-state index in [0.717, 1.165) is 0 Å². The second-order valence-electron chi connectivity index (χ2n) is 3.20. The average molecular weight is 229 g/mol. The lowest BCUT2D eigenvalue weighted by Gasteiger charge is -2.11. The minimum atomic E-state index is -0.355. The molecule has 0 aliphatic carbocycles. The Balaban J connectivity index is 2.46. The summed E-state index contributed by atoms with van der Waals surface area (Å²) in [4.78, 5) is 12.0. The monoisotopic (exact) mass is 229 g/mol. The second-order valence-corrected chi connectivity index (χ2v) is 4.12. The van der Waals surface area contributed by atoms with Crippen LogP contribution in [0.2, 0.25) is 0 Å². The summed E-state index contributed by atoms with van der Waals surface area (Å²) in [6.45, 7) is 2.41. The number of esters is 1. The number of nitrogen functional groups attached to an aromatic ring is 1. The van der Waals surface area contributed by atoms with Gasteiger partial charge in [-0.15, -0.1) is 11.3 Å². The topological polar surface area (TPSA) is 61.5 Å². The van der Waals surface area contributed by atoms with Crippen LogP contribution in [-0.2, 0) is 9.47 Å². The fraction of sp³-hybridized carbons (Fsp3) is 0.500. The van der Waals surface area contributed by atoms with Crippen molar-refractivity contribution in [2.45, 2.75) is 19.4 Å². The fourth-order valence-electron chi connectivity index (χ4n) is 1.06. The predicted molar refractivity (Wildman–Crippen MR) is 60.1 cm³/mol. The van der Waals surface area contributed by atoms with Gasteiger partial charge >= 0.3 is 5.97 Å². The van der Waals surface area contributed by atoms with Gasteiger partial charge < -0.3 is 15.2 Å². The van der Waals surface area contributed by atoms with Gasteiger partial charge in [0, 0.05) is 20.1 Å². The number of rotatable bonds is 5. The summed E-state index contributed by atoms with van der Waals surface area (Å²) in [7, 11) is 1.62. The van der Waals surface area contributed by atoms with Crippen LogP contribution in [0, 0.1) is 0 Å². The number of nitrogens with two attached hydrogens (primary N) is 1. The maximum Gasteiger partial charge on any atom is 0.350 e. The SMILES string of the molecule is COCCC(C)OC(=O)c1sccc1N. The number of hydrogen-bond donors (Lipinski definition) is 1. The average Bonchev–Trinajstić information content (AvgIpc) is 2.61. The van der Waals surface area contributed by atoms with E-state index in [2.05, 4.69) is 0 Å². The number of methoxy groups -OCH3 is 1. The molecule has 1 heterocycles. The Morgan fingerprint density at radius 2 is 2.40 bits per heavy atom. The number of anilines is 1. The molecule has 1 aromatic rings. The summed E-state index contributed by atoms with van der Waals surface area (Å²) >= 11 is 1.29. The summed E-state index contributed by atoms with van der Waals surface area (Å²) in [6.07, 6.45) is 0.534. The third kappa shape index (κ3) is 3.53. The van der Waals surface area contributed by atoms with E-state index in [4.69, 9.17) is 15.2 Å². The molecule has 0 aliphatic heterocycles. The van der Waals surface area contributed by atoms with E-state index in [1.165, 1.54) is 11.3 Å². The van der Waals surface area contributed by atoms with Gasteiger partial charge in [0.2, 0.25) is 0 Å². The van der Waals surface area contributed by atoms with E-state index >= 15 is 0 Å². The normalized spacial score (nSPS) is 12.4. The van der Waals surface area contributed by atoms with Gasteiger partial charge in [-0.3, -0.25) is 0 Å². The molecule has 4 nitrogen and oxygen atoms in total. The molecule has 0 bridgehead atoms. The van der Waals surface area contributed by atoms with Crippen LogP contribution in [0.1, 0.15) is 23.0 Å². The van der Waals surface area contributed by atoms with Crippen molar-refractivity contribution in [2.24, 2.45) is 0 Å². The van der Waals surface area contributed by atoms with Crippen molar-refractivity contribution in [1.29, 1.82) is 0 Å². The van der Waals surface area contributed by atoms with Crippen LogP contribution in [0.4, 0.5) is 5.69 Å². The molecule has 0 radical (unpaired) electrons. The number of thiophene rings is 1. The first-order valence-corrected chi connectivity index (χ1v) is 5.56. The highest BCUT2D eigenvalue weighted by Crippen LogP contribution is 2.20. The Morgan fingerprint density at radius 1 is 1.67 bits per heavy atom. The summed E-state index contributed by atoms with van der Waals surface area (Å²) < 4.78 is 10.1. The van der Waals surface area contributed by atoms with Crippen LogP contribution in [0.25, 0.3) is 0 Å². The lowest BCUT2D eigenvalue weighted by atomic mass is 10.3. The number of carbonyl (C=O) groups excluding carboxylic acids is 1. The lowest BCUT2D eigenvalue weighted by Crippen LogP contribution is -2.16. The maximum atomic E-state index is 11.6. The molecule has 1 rings (SSSR count). The standard InChI is InChI=1S/C10H15NO3S/c1-7(3-5-13-2)14-10(12)9-8(11)4-6-15-9/h4,6-7H,3,5,11H2,1-2H3. The molecular weight excluding hydrogens is 214 g/mol. The minimum absolute atomic E-state index is 0.154. The van der Waals surface area contributed by atoms with Crippen molar-refractivity contribution in [2.75, 3.05) is 19.5 Å². The Labute approximate surface area is 93.0 Å². The third-order valence-electron chi connectivity index (χ3n) is 1.92. The zero-order valence-corrected chi connectivity index (χ0v) is 9.67. The maximum absolute atomic E-state index is 11.6. The van der Waals surface area contributed by atoms with Crippen molar-refractivity contribution in [3.05, 3.63) is 16.3 Å². The Bertz CT molecular complexity index is 324. The van der Waals surface area contributed by atoms with Crippen molar-refractivity contribution in [3.8, 4) is 0 Å². The highest BCUT2D eigenvalue weighted by atomic mass is 32.1. The number of hydrogen-bond acceptors (Lipinski definition) is 5. The molecule has 5 heteroatoms. The molecule has 1 aromatic heterocycles. The van der Waals surface area contributed by atoms with Gasteiger partial charge in [0.1, 0.15) is 11.0 Å². The van der Waals surface area contributed by atoms with Crippen LogP contribution in [0.5, 0.6) is 0 Å². The summed E-state index contributed by atoms with van der Waals surface area (Å²) in [6, 6.07) is 1.70. The summed E-state index contributed by atoms with van der Waals surface area (Å²) in [5.74, 6) is -0.355. The molecule has 0 saturated heterocycles. The zero-order valence-electron chi connectivity index (χ0n) is 8.86. The summed E-state index contributed by atoms with van der Waals surface area (Å²) in [5, 5.41) is 1.77. The highest BCUT2D eigenvalue weighted by molar-refractivity contribution is 7.12. The van der Waals surface area contributed by atoms with Crippen LogP contribution >= 0.6 is 11.3 Å². The molecule has 0 saturated carbocycles. The Morgan fingerprint density at radius 3 is 2.93 bits per heavy atom. The molecule has 1 unspecified atom stereocenters. The van der Waals surface area contributed by atoms with Gasteiger partial charge in [-0.2, -0.15) is 0 Å². The van der Waals surface area contributed by atoms with E-state index in [-0.39, 0.29) is 12.1 Å². The lowest BCUT2D eigenvalue weighted by molar-refractivity contribution is 0.0273. The summed E-state index contributed by atoms with van der Waals surface area (Å²) in [5.41, 5.74) is 6.08.